The molecule has 1 atom stereocenters. The maximum atomic E-state index is 14.0. The Morgan fingerprint density at radius 1 is 1.05 bits per heavy atom. The van der Waals surface area contributed by atoms with Gasteiger partial charge in [-0.2, -0.15) is 0 Å². The average molecular weight is 293 g/mol. The van der Waals surface area contributed by atoms with Crippen molar-refractivity contribution in [3.8, 4) is 0 Å². The van der Waals surface area contributed by atoms with Crippen LogP contribution in [0.25, 0.3) is 0 Å². The molecular weight excluding hydrogens is 278 g/mol. The Morgan fingerprint density at radius 2 is 1.65 bits per heavy atom. The van der Waals surface area contributed by atoms with Crippen molar-refractivity contribution in [2.45, 2.75) is 25.1 Å². The zero-order valence-corrected chi connectivity index (χ0v) is 11.9. The first-order chi connectivity index (χ1) is 9.56. The molecule has 0 heterocycles. The van der Waals surface area contributed by atoms with Crippen molar-refractivity contribution in [1.29, 1.82) is 0 Å². The van der Waals surface area contributed by atoms with Gasteiger partial charge in [-0.1, -0.05) is 24.3 Å². The van der Waals surface area contributed by atoms with E-state index in [-0.39, 0.29) is 11.5 Å². The van der Waals surface area contributed by atoms with Crippen LogP contribution in [0.3, 0.4) is 0 Å². The maximum absolute atomic E-state index is 14.0. The van der Waals surface area contributed by atoms with E-state index in [0.717, 1.165) is 12.8 Å². The Morgan fingerprint density at radius 3 is 2.25 bits per heavy atom. The lowest BCUT2D eigenvalue weighted by Gasteiger charge is -2.18. The van der Waals surface area contributed by atoms with Crippen LogP contribution < -0.4 is 0 Å². The Balaban J connectivity index is 1.88. The third-order valence-corrected chi connectivity index (χ3v) is 4.66. The minimum absolute atomic E-state index is 0.116. The van der Waals surface area contributed by atoms with Gasteiger partial charge in [0.25, 0.3) is 0 Å². The largest absolute Gasteiger partial charge is 0.207 e. The van der Waals surface area contributed by atoms with Gasteiger partial charge in [-0.15, -0.1) is 11.6 Å². The minimum Gasteiger partial charge on any atom is -0.207 e. The van der Waals surface area contributed by atoms with Crippen molar-refractivity contribution in [2.75, 3.05) is 0 Å². The first kappa shape index (κ1) is 13.6. The van der Waals surface area contributed by atoms with Gasteiger partial charge in [0.05, 0.1) is 5.38 Å². The summed E-state index contributed by atoms with van der Waals surface area (Å²) in [6.07, 6.45) is 1.64. The molecule has 0 fully saturated rings. The van der Waals surface area contributed by atoms with Crippen LogP contribution in [0, 0.1) is 24.5 Å². The monoisotopic (exact) mass is 292 g/mol. The second kappa shape index (κ2) is 5.17. The molecule has 0 saturated heterocycles. The molecule has 0 aromatic heterocycles. The normalized spacial score (nSPS) is 16.2. The zero-order valence-electron chi connectivity index (χ0n) is 11.2. The molecule has 0 bridgehead atoms. The second-order valence-corrected chi connectivity index (χ2v) is 5.93. The van der Waals surface area contributed by atoms with Crippen LogP contribution in [0.15, 0.2) is 36.4 Å². The van der Waals surface area contributed by atoms with Crippen LogP contribution in [0.4, 0.5) is 8.78 Å². The van der Waals surface area contributed by atoms with Gasteiger partial charge >= 0.3 is 0 Å². The molecule has 20 heavy (non-hydrogen) atoms. The molecule has 104 valence electrons. The fraction of sp³-hybridized carbons (Fsp3) is 0.294. The molecule has 0 aliphatic heterocycles. The number of rotatable bonds is 2. The predicted molar refractivity (Wildman–Crippen MR) is 77.0 cm³/mol. The Kier molecular flexibility index (Phi) is 3.51. The van der Waals surface area contributed by atoms with Crippen LogP contribution in [0.5, 0.6) is 0 Å². The van der Waals surface area contributed by atoms with E-state index in [4.69, 9.17) is 11.6 Å². The van der Waals surface area contributed by atoms with E-state index in [2.05, 4.69) is 12.1 Å². The quantitative estimate of drug-likeness (QED) is 0.686. The minimum atomic E-state index is -0.502. The van der Waals surface area contributed by atoms with E-state index in [1.54, 1.807) is 6.92 Å². The van der Waals surface area contributed by atoms with Gasteiger partial charge in [-0.25, -0.2) is 8.78 Å². The van der Waals surface area contributed by atoms with Crippen molar-refractivity contribution >= 4 is 11.6 Å². The van der Waals surface area contributed by atoms with Gasteiger partial charge < -0.3 is 0 Å². The summed E-state index contributed by atoms with van der Waals surface area (Å²) in [6.45, 7) is 1.55. The number of halogens is 3. The van der Waals surface area contributed by atoms with E-state index in [0.29, 0.717) is 5.56 Å². The lowest BCUT2D eigenvalue weighted by atomic mass is 9.95. The van der Waals surface area contributed by atoms with Gasteiger partial charge in [0.15, 0.2) is 0 Å². The number of alkyl halides is 1. The SMILES string of the molecule is Cc1cc(F)c(C(Cl)C2Cc3ccccc3C2)cc1F. The molecule has 0 saturated carbocycles. The van der Waals surface area contributed by atoms with Crippen LogP contribution in [0.2, 0.25) is 0 Å². The fourth-order valence-electron chi connectivity index (χ4n) is 2.93. The van der Waals surface area contributed by atoms with Crippen molar-refractivity contribution in [3.05, 3.63) is 70.3 Å². The molecule has 3 rings (SSSR count). The van der Waals surface area contributed by atoms with Gasteiger partial charge in [-0.3, -0.25) is 0 Å². The van der Waals surface area contributed by atoms with Crippen molar-refractivity contribution in [1.82, 2.24) is 0 Å². The fourth-order valence-corrected chi connectivity index (χ4v) is 3.27. The van der Waals surface area contributed by atoms with Crippen LogP contribution >= 0.6 is 11.6 Å². The number of fused-ring (bicyclic) bond motifs is 1. The standard InChI is InChI=1S/C17H15ClF2/c1-10-6-16(20)14(9-15(10)19)17(18)13-7-11-4-2-3-5-12(11)8-13/h2-6,9,13,17H,7-8H2,1H3. The maximum Gasteiger partial charge on any atom is 0.128 e. The molecule has 0 N–H and O–H groups in total. The highest BCUT2D eigenvalue weighted by molar-refractivity contribution is 6.21. The Labute approximate surface area is 122 Å². The van der Waals surface area contributed by atoms with Crippen LogP contribution in [-0.4, -0.2) is 0 Å². The van der Waals surface area contributed by atoms with E-state index in [1.165, 1.54) is 23.3 Å². The van der Waals surface area contributed by atoms with Crippen molar-refractivity contribution < 1.29 is 8.78 Å². The summed E-state index contributed by atoms with van der Waals surface area (Å²) in [4.78, 5) is 0. The van der Waals surface area contributed by atoms with Gasteiger partial charge in [-0.05, 0) is 54.5 Å². The highest BCUT2D eigenvalue weighted by Gasteiger charge is 2.30. The van der Waals surface area contributed by atoms with Crippen LogP contribution in [0.1, 0.15) is 27.6 Å². The first-order valence-electron chi connectivity index (χ1n) is 6.72. The Bertz CT molecular complexity index is 626. The summed E-state index contributed by atoms with van der Waals surface area (Å²) in [7, 11) is 0. The molecule has 1 unspecified atom stereocenters. The highest BCUT2D eigenvalue weighted by Crippen LogP contribution is 2.40. The summed E-state index contributed by atoms with van der Waals surface area (Å²) < 4.78 is 27.7. The summed E-state index contributed by atoms with van der Waals surface area (Å²) in [5, 5.41) is -0.502. The van der Waals surface area contributed by atoms with Gasteiger partial charge in [0.2, 0.25) is 0 Å². The van der Waals surface area contributed by atoms with Crippen molar-refractivity contribution in [2.24, 2.45) is 5.92 Å². The van der Waals surface area contributed by atoms with Gasteiger partial charge in [0.1, 0.15) is 11.6 Å². The molecule has 0 amide bonds. The number of benzene rings is 2. The summed E-state index contributed by atoms with van der Waals surface area (Å²) in [6, 6.07) is 10.6. The average Bonchev–Trinajstić information content (AvgIpc) is 2.86. The molecule has 0 spiro atoms. The molecule has 0 radical (unpaired) electrons. The highest BCUT2D eigenvalue weighted by atomic mass is 35.5. The van der Waals surface area contributed by atoms with Crippen LogP contribution in [-0.2, 0) is 12.8 Å². The molecule has 1 aliphatic rings. The van der Waals surface area contributed by atoms with E-state index in [1.807, 2.05) is 12.1 Å². The van der Waals surface area contributed by atoms with E-state index >= 15 is 0 Å². The lowest BCUT2D eigenvalue weighted by molar-refractivity contribution is 0.507. The van der Waals surface area contributed by atoms with Crippen molar-refractivity contribution in [3.63, 3.8) is 0 Å². The number of aryl methyl sites for hydroxylation is 1. The summed E-state index contributed by atoms with van der Waals surface area (Å²) in [5.41, 5.74) is 3.10. The van der Waals surface area contributed by atoms with E-state index < -0.39 is 17.0 Å². The smallest absolute Gasteiger partial charge is 0.128 e. The van der Waals surface area contributed by atoms with E-state index in [9.17, 15) is 8.78 Å². The molecule has 1 aliphatic carbocycles. The number of hydrogen-bond acceptors (Lipinski definition) is 0. The third-order valence-electron chi connectivity index (χ3n) is 4.07. The summed E-state index contributed by atoms with van der Waals surface area (Å²) >= 11 is 6.43. The first-order valence-corrected chi connectivity index (χ1v) is 7.16. The predicted octanol–water partition coefficient (Wildman–Crippen LogP) is 4.97. The van der Waals surface area contributed by atoms with Gasteiger partial charge in [0, 0.05) is 5.56 Å². The molecule has 2 aromatic rings. The lowest BCUT2D eigenvalue weighted by Crippen LogP contribution is -2.10. The molecule has 2 aromatic carbocycles. The molecular formula is C17H15ClF2. The Hall–Kier alpha value is -1.41. The topological polar surface area (TPSA) is 0 Å². The zero-order chi connectivity index (χ0) is 14.3. The number of hydrogen-bond donors (Lipinski definition) is 0. The third kappa shape index (κ3) is 2.33. The second-order valence-electron chi connectivity index (χ2n) is 5.46. The summed E-state index contributed by atoms with van der Waals surface area (Å²) in [5.74, 6) is -0.701. The molecule has 3 heteroatoms. The molecule has 0 nitrogen and oxygen atoms in total.